The quantitative estimate of drug-likeness (QED) is 0.524. The van der Waals surface area contributed by atoms with E-state index in [1.165, 1.54) is 0 Å². The van der Waals surface area contributed by atoms with Crippen LogP contribution in [0.15, 0.2) is 73.2 Å². The van der Waals surface area contributed by atoms with E-state index in [9.17, 15) is 4.79 Å². The average molecular weight is 388 g/mol. The standard InChI is InChI=1S/C22H20N4O3/c1-15(29-21-4-2-3-11-24-21)13-28-18-8-6-17(7-9-18)26-14-25-19-12-16(22(23)27)5-10-20(19)26/h2-12,14-15H,13H2,1H3,(H2,23,27). The van der Waals surface area contributed by atoms with Crippen LogP contribution in [0.2, 0.25) is 0 Å². The number of nitrogens with two attached hydrogens (primary N) is 1. The molecule has 0 aliphatic rings. The molecule has 2 N–H and O–H groups in total. The van der Waals surface area contributed by atoms with Gasteiger partial charge in [0.15, 0.2) is 0 Å². The van der Waals surface area contributed by atoms with Gasteiger partial charge in [-0.2, -0.15) is 0 Å². The lowest BCUT2D eigenvalue weighted by Crippen LogP contribution is -2.21. The van der Waals surface area contributed by atoms with Crippen molar-refractivity contribution >= 4 is 16.9 Å². The summed E-state index contributed by atoms with van der Waals surface area (Å²) in [6.45, 7) is 2.33. The number of ether oxygens (including phenoxy) is 2. The monoisotopic (exact) mass is 388 g/mol. The number of primary amides is 1. The van der Waals surface area contributed by atoms with Gasteiger partial charge in [-0.1, -0.05) is 6.07 Å². The molecule has 1 amide bonds. The first kappa shape index (κ1) is 18.5. The van der Waals surface area contributed by atoms with E-state index in [0.717, 1.165) is 17.0 Å². The third-order valence-electron chi connectivity index (χ3n) is 4.39. The molecule has 4 rings (SSSR count). The van der Waals surface area contributed by atoms with Gasteiger partial charge >= 0.3 is 0 Å². The lowest BCUT2D eigenvalue weighted by molar-refractivity contribution is 0.100. The summed E-state index contributed by atoms with van der Waals surface area (Å²) in [6.07, 6.45) is 3.27. The summed E-state index contributed by atoms with van der Waals surface area (Å²) in [7, 11) is 0. The van der Waals surface area contributed by atoms with Gasteiger partial charge in [-0.05, 0) is 55.5 Å². The van der Waals surface area contributed by atoms with Crippen LogP contribution in [0.3, 0.4) is 0 Å². The highest BCUT2D eigenvalue weighted by Gasteiger charge is 2.09. The van der Waals surface area contributed by atoms with Crippen LogP contribution in [-0.2, 0) is 0 Å². The second-order valence-corrected chi connectivity index (χ2v) is 6.58. The Morgan fingerprint density at radius 2 is 1.93 bits per heavy atom. The summed E-state index contributed by atoms with van der Waals surface area (Å²) in [5, 5.41) is 0. The van der Waals surface area contributed by atoms with Gasteiger partial charge in [-0.3, -0.25) is 9.36 Å². The molecule has 4 aromatic rings. The van der Waals surface area contributed by atoms with Crippen molar-refractivity contribution in [2.45, 2.75) is 13.0 Å². The number of pyridine rings is 1. The Bertz CT molecular complexity index is 1120. The molecule has 0 radical (unpaired) electrons. The van der Waals surface area contributed by atoms with E-state index in [-0.39, 0.29) is 6.10 Å². The lowest BCUT2D eigenvalue weighted by Gasteiger charge is -2.15. The van der Waals surface area contributed by atoms with E-state index < -0.39 is 5.91 Å². The third-order valence-corrected chi connectivity index (χ3v) is 4.39. The highest BCUT2D eigenvalue weighted by atomic mass is 16.5. The summed E-state index contributed by atoms with van der Waals surface area (Å²) in [6, 6.07) is 18.4. The van der Waals surface area contributed by atoms with Crippen molar-refractivity contribution in [1.29, 1.82) is 0 Å². The molecule has 1 atom stereocenters. The summed E-state index contributed by atoms with van der Waals surface area (Å²) in [5.41, 5.74) is 8.31. The fourth-order valence-electron chi connectivity index (χ4n) is 2.95. The minimum Gasteiger partial charge on any atom is -0.490 e. The third kappa shape index (κ3) is 4.19. The molecule has 0 aliphatic carbocycles. The van der Waals surface area contributed by atoms with E-state index in [4.69, 9.17) is 15.2 Å². The normalized spacial score (nSPS) is 11.9. The molecule has 0 bridgehead atoms. The predicted molar refractivity (Wildman–Crippen MR) is 109 cm³/mol. The van der Waals surface area contributed by atoms with Gasteiger partial charge in [-0.25, -0.2) is 9.97 Å². The molecule has 7 heteroatoms. The number of hydrogen-bond acceptors (Lipinski definition) is 5. The Balaban J connectivity index is 1.43. The summed E-state index contributed by atoms with van der Waals surface area (Å²) in [4.78, 5) is 19.8. The molecule has 0 saturated carbocycles. The van der Waals surface area contributed by atoms with Crippen LogP contribution >= 0.6 is 0 Å². The predicted octanol–water partition coefficient (Wildman–Crippen LogP) is 3.37. The molecule has 29 heavy (non-hydrogen) atoms. The Morgan fingerprint density at radius 1 is 1.10 bits per heavy atom. The maximum absolute atomic E-state index is 11.3. The van der Waals surface area contributed by atoms with Gasteiger partial charge in [0.1, 0.15) is 24.8 Å². The Hall–Kier alpha value is -3.87. The average Bonchev–Trinajstić information content (AvgIpc) is 3.16. The molecular weight excluding hydrogens is 368 g/mol. The van der Waals surface area contributed by atoms with Crippen LogP contribution in [0, 0.1) is 0 Å². The number of carbonyl (C=O) groups is 1. The second kappa shape index (κ2) is 8.02. The molecule has 146 valence electrons. The highest BCUT2D eigenvalue weighted by Crippen LogP contribution is 2.22. The van der Waals surface area contributed by atoms with Crippen LogP contribution in [0.4, 0.5) is 0 Å². The van der Waals surface area contributed by atoms with Crippen molar-refractivity contribution in [2.75, 3.05) is 6.61 Å². The fraction of sp³-hybridized carbons (Fsp3) is 0.136. The van der Waals surface area contributed by atoms with Gasteiger partial charge in [0, 0.05) is 23.5 Å². The first-order valence-corrected chi connectivity index (χ1v) is 9.18. The number of hydrogen-bond donors (Lipinski definition) is 1. The molecule has 0 aliphatic heterocycles. The number of benzene rings is 2. The van der Waals surface area contributed by atoms with Crippen molar-refractivity contribution in [3.05, 3.63) is 78.8 Å². The Morgan fingerprint density at radius 3 is 2.66 bits per heavy atom. The molecule has 0 fully saturated rings. The molecule has 2 aromatic carbocycles. The zero-order valence-electron chi connectivity index (χ0n) is 15.9. The van der Waals surface area contributed by atoms with Crippen molar-refractivity contribution in [1.82, 2.24) is 14.5 Å². The van der Waals surface area contributed by atoms with E-state index in [1.807, 2.05) is 60.0 Å². The minimum absolute atomic E-state index is 0.137. The largest absolute Gasteiger partial charge is 0.490 e. The van der Waals surface area contributed by atoms with Crippen molar-refractivity contribution in [3.63, 3.8) is 0 Å². The number of rotatable bonds is 7. The molecule has 1 unspecified atom stereocenters. The van der Waals surface area contributed by atoms with Crippen LogP contribution in [0.5, 0.6) is 11.6 Å². The number of fused-ring (bicyclic) bond motifs is 1. The number of imidazole rings is 1. The maximum Gasteiger partial charge on any atom is 0.248 e. The van der Waals surface area contributed by atoms with Gasteiger partial charge in [-0.15, -0.1) is 0 Å². The van der Waals surface area contributed by atoms with Gasteiger partial charge in [0.2, 0.25) is 11.8 Å². The first-order chi connectivity index (χ1) is 14.1. The summed E-state index contributed by atoms with van der Waals surface area (Å²) < 4.78 is 13.5. The van der Waals surface area contributed by atoms with Crippen LogP contribution in [-0.4, -0.2) is 33.2 Å². The Kier molecular flexibility index (Phi) is 5.11. The van der Waals surface area contributed by atoms with Crippen LogP contribution in [0.1, 0.15) is 17.3 Å². The second-order valence-electron chi connectivity index (χ2n) is 6.58. The molecule has 0 saturated heterocycles. The summed E-state index contributed by atoms with van der Waals surface area (Å²) in [5.74, 6) is 0.847. The molecule has 2 heterocycles. The Labute approximate surface area is 167 Å². The van der Waals surface area contributed by atoms with Crippen molar-refractivity contribution in [3.8, 4) is 17.3 Å². The molecule has 0 spiro atoms. The number of amides is 1. The SMILES string of the molecule is CC(COc1ccc(-n2cnc3cc(C(N)=O)ccc32)cc1)Oc1ccccn1. The van der Waals surface area contributed by atoms with Gasteiger partial charge in [0.25, 0.3) is 0 Å². The molecule has 7 nitrogen and oxygen atoms in total. The number of aromatic nitrogens is 3. The van der Waals surface area contributed by atoms with Crippen LogP contribution < -0.4 is 15.2 Å². The van der Waals surface area contributed by atoms with E-state index >= 15 is 0 Å². The lowest BCUT2D eigenvalue weighted by atomic mass is 10.2. The van der Waals surface area contributed by atoms with E-state index in [2.05, 4.69) is 9.97 Å². The van der Waals surface area contributed by atoms with Gasteiger partial charge in [0.05, 0.1) is 11.0 Å². The maximum atomic E-state index is 11.3. The number of carbonyl (C=O) groups excluding carboxylic acids is 1. The topological polar surface area (TPSA) is 92.3 Å². The number of nitrogens with zero attached hydrogens (tertiary/aromatic N) is 3. The van der Waals surface area contributed by atoms with E-state index in [1.54, 1.807) is 24.7 Å². The highest BCUT2D eigenvalue weighted by molar-refractivity contribution is 5.96. The van der Waals surface area contributed by atoms with Gasteiger partial charge < -0.3 is 15.2 Å². The van der Waals surface area contributed by atoms with Crippen LogP contribution in [0.25, 0.3) is 16.7 Å². The molecule has 2 aromatic heterocycles. The smallest absolute Gasteiger partial charge is 0.248 e. The van der Waals surface area contributed by atoms with Crippen molar-refractivity contribution in [2.24, 2.45) is 5.73 Å². The minimum atomic E-state index is -0.468. The zero-order valence-corrected chi connectivity index (χ0v) is 15.9. The fourth-order valence-corrected chi connectivity index (χ4v) is 2.95. The molecular formula is C22H20N4O3. The van der Waals surface area contributed by atoms with E-state index in [0.29, 0.717) is 23.6 Å². The van der Waals surface area contributed by atoms with Crippen molar-refractivity contribution < 1.29 is 14.3 Å². The zero-order chi connectivity index (χ0) is 20.2. The summed E-state index contributed by atoms with van der Waals surface area (Å²) >= 11 is 0. The first-order valence-electron chi connectivity index (χ1n) is 9.18.